The molecule has 1 fully saturated rings. The molecule has 3 rings (SSSR count). The molecule has 3 heterocycles. The Balaban J connectivity index is 1.85. The number of pyridine rings is 2. The van der Waals surface area contributed by atoms with Gasteiger partial charge < -0.3 is 10.6 Å². The number of likely N-dealkylation sites (N-methyl/N-ethyl adjacent to an activating group) is 1. The number of carbonyl (C=O) groups excluding carboxylic acids is 1. The summed E-state index contributed by atoms with van der Waals surface area (Å²) < 4.78 is 0. The van der Waals surface area contributed by atoms with Crippen LogP contribution in [0.2, 0.25) is 5.15 Å². The minimum Gasteiger partial charge on any atom is -0.339 e. The van der Waals surface area contributed by atoms with Crippen LogP contribution in [0.15, 0.2) is 36.7 Å². The summed E-state index contributed by atoms with van der Waals surface area (Å²) in [5.41, 5.74) is 7.09. The van der Waals surface area contributed by atoms with Crippen LogP contribution in [-0.4, -0.2) is 33.4 Å². The van der Waals surface area contributed by atoms with E-state index in [0.29, 0.717) is 17.3 Å². The summed E-state index contributed by atoms with van der Waals surface area (Å²) in [6.07, 6.45) is 3.76. The molecule has 0 radical (unpaired) electrons. The average molecular weight is 355 g/mol. The summed E-state index contributed by atoms with van der Waals surface area (Å²) in [7, 11) is 1.77. The topological polar surface area (TPSA) is 72.1 Å². The highest BCUT2D eigenvalue weighted by atomic mass is 35.5. The molecule has 1 aliphatic heterocycles. The van der Waals surface area contributed by atoms with E-state index in [9.17, 15) is 4.79 Å². The van der Waals surface area contributed by atoms with E-state index in [1.807, 2.05) is 19.9 Å². The lowest BCUT2D eigenvalue weighted by Gasteiger charge is -2.26. The van der Waals surface area contributed by atoms with Crippen molar-refractivity contribution < 1.29 is 4.79 Å². The van der Waals surface area contributed by atoms with Gasteiger partial charge in [-0.15, -0.1) is 0 Å². The van der Waals surface area contributed by atoms with Gasteiger partial charge in [-0.3, -0.25) is 9.78 Å². The number of rotatable bonds is 1. The summed E-state index contributed by atoms with van der Waals surface area (Å²) in [5, 5.41) is 0.400. The molecular weight excluding hydrogens is 336 g/mol. The van der Waals surface area contributed by atoms with Gasteiger partial charge in [0.25, 0.3) is 0 Å². The third kappa shape index (κ3) is 3.23. The Bertz CT molecular complexity index is 882. The number of halogens is 1. The van der Waals surface area contributed by atoms with Gasteiger partial charge in [0, 0.05) is 42.5 Å². The Labute approximate surface area is 152 Å². The Morgan fingerprint density at radius 1 is 1.20 bits per heavy atom. The fourth-order valence-corrected chi connectivity index (χ4v) is 3.18. The third-order valence-electron chi connectivity index (χ3n) is 4.60. The molecule has 6 heteroatoms. The van der Waals surface area contributed by atoms with Crippen LogP contribution in [0.1, 0.15) is 37.1 Å². The van der Waals surface area contributed by atoms with Gasteiger partial charge >= 0.3 is 0 Å². The van der Waals surface area contributed by atoms with Gasteiger partial charge in [-0.1, -0.05) is 23.4 Å². The molecule has 2 N–H and O–H groups in total. The minimum absolute atomic E-state index is 0.115. The molecule has 128 valence electrons. The van der Waals surface area contributed by atoms with Crippen molar-refractivity contribution in [3.8, 4) is 11.8 Å². The van der Waals surface area contributed by atoms with Gasteiger partial charge in [-0.05, 0) is 38.1 Å². The summed E-state index contributed by atoms with van der Waals surface area (Å²) in [6, 6.07) is 7.08. The Hall–Kier alpha value is -2.42. The lowest BCUT2D eigenvalue weighted by Crippen LogP contribution is -2.45. The average Bonchev–Trinajstić information content (AvgIpc) is 2.74. The molecule has 0 saturated carbocycles. The van der Waals surface area contributed by atoms with E-state index in [2.05, 4.69) is 21.8 Å². The van der Waals surface area contributed by atoms with Gasteiger partial charge in [0.05, 0.1) is 5.69 Å². The second-order valence-corrected chi connectivity index (χ2v) is 7.26. The first-order chi connectivity index (χ1) is 11.7. The molecule has 0 aliphatic carbocycles. The van der Waals surface area contributed by atoms with Gasteiger partial charge in [0.1, 0.15) is 10.7 Å². The second kappa shape index (κ2) is 6.14. The van der Waals surface area contributed by atoms with Crippen LogP contribution in [0.25, 0.3) is 0 Å². The number of amides is 1. The molecule has 1 amide bonds. The molecule has 0 spiro atoms. The van der Waals surface area contributed by atoms with E-state index in [4.69, 9.17) is 17.3 Å². The van der Waals surface area contributed by atoms with Gasteiger partial charge in [-0.2, -0.15) is 0 Å². The van der Waals surface area contributed by atoms with E-state index in [1.54, 1.807) is 42.5 Å². The van der Waals surface area contributed by atoms with Crippen LogP contribution >= 0.6 is 11.6 Å². The van der Waals surface area contributed by atoms with Crippen molar-refractivity contribution >= 4 is 17.5 Å². The molecule has 0 aromatic carbocycles. The Morgan fingerprint density at radius 3 is 2.48 bits per heavy atom. The monoisotopic (exact) mass is 354 g/mol. The standard InChI is InChI=1S/C19H19ClN4O/c1-18(2)12-19(21,17(25)24(18)3)15-7-6-14(11-23-15)5-4-13-8-9-22-16(20)10-13/h6-11H,12,21H2,1-3H3. The van der Waals surface area contributed by atoms with Gasteiger partial charge in [0.2, 0.25) is 5.91 Å². The zero-order valence-electron chi connectivity index (χ0n) is 14.4. The van der Waals surface area contributed by atoms with Gasteiger partial charge in [0.15, 0.2) is 0 Å². The van der Waals surface area contributed by atoms with Crippen LogP contribution < -0.4 is 5.73 Å². The number of hydrogen-bond donors (Lipinski definition) is 1. The quantitative estimate of drug-likeness (QED) is 0.630. The molecule has 1 saturated heterocycles. The van der Waals surface area contributed by atoms with Crippen molar-refractivity contribution in [1.29, 1.82) is 0 Å². The van der Waals surface area contributed by atoms with E-state index in [1.165, 1.54) is 0 Å². The van der Waals surface area contributed by atoms with E-state index in [0.717, 1.165) is 11.1 Å². The van der Waals surface area contributed by atoms with Crippen LogP contribution in [0.3, 0.4) is 0 Å². The molecule has 0 bridgehead atoms. The highest BCUT2D eigenvalue weighted by molar-refractivity contribution is 6.29. The lowest BCUT2D eigenvalue weighted by atomic mass is 9.87. The minimum atomic E-state index is -1.09. The number of aromatic nitrogens is 2. The zero-order chi connectivity index (χ0) is 18.2. The number of hydrogen-bond acceptors (Lipinski definition) is 4. The van der Waals surface area contributed by atoms with Crippen molar-refractivity contribution in [3.63, 3.8) is 0 Å². The number of nitrogens with zero attached hydrogens (tertiary/aromatic N) is 3. The Morgan fingerprint density at radius 2 is 1.92 bits per heavy atom. The molecule has 2 aromatic heterocycles. The lowest BCUT2D eigenvalue weighted by molar-refractivity contribution is -0.133. The fourth-order valence-electron chi connectivity index (χ4n) is 3.01. The molecule has 1 unspecified atom stereocenters. The van der Waals surface area contributed by atoms with Crippen LogP contribution in [-0.2, 0) is 10.3 Å². The summed E-state index contributed by atoms with van der Waals surface area (Å²) in [5.74, 6) is 5.91. The predicted molar refractivity (Wildman–Crippen MR) is 96.8 cm³/mol. The van der Waals surface area contributed by atoms with Crippen molar-refractivity contribution in [3.05, 3.63) is 58.6 Å². The van der Waals surface area contributed by atoms with Crippen LogP contribution in [0, 0.1) is 11.8 Å². The van der Waals surface area contributed by atoms with Crippen LogP contribution in [0.4, 0.5) is 0 Å². The zero-order valence-corrected chi connectivity index (χ0v) is 15.1. The summed E-state index contributed by atoms with van der Waals surface area (Å²) in [4.78, 5) is 22.6. The first kappa shape index (κ1) is 17.4. The molecule has 2 aromatic rings. The second-order valence-electron chi connectivity index (χ2n) is 6.87. The highest BCUT2D eigenvalue weighted by Gasteiger charge is 2.53. The summed E-state index contributed by atoms with van der Waals surface area (Å²) >= 11 is 5.84. The number of likely N-dealkylation sites (tertiary alicyclic amines) is 1. The molecule has 1 aliphatic rings. The van der Waals surface area contributed by atoms with E-state index < -0.39 is 5.54 Å². The van der Waals surface area contributed by atoms with Crippen molar-refractivity contribution in [1.82, 2.24) is 14.9 Å². The first-order valence-corrected chi connectivity index (χ1v) is 8.27. The Kier molecular flexibility index (Phi) is 4.28. The van der Waals surface area contributed by atoms with Crippen molar-refractivity contribution in [2.75, 3.05) is 7.05 Å². The maximum Gasteiger partial charge on any atom is 0.249 e. The van der Waals surface area contributed by atoms with Crippen LogP contribution in [0.5, 0.6) is 0 Å². The predicted octanol–water partition coefficient (Wildman–Crippen LogP) is 2.32. The molecule has 5 nitrogen and oxygen atoms in total. The smallest absolute Gasteiger partial charge is 0.249 e. The fraction of sp³-hybridized carbons (Fsp3) is 0.316. The third-order valence-corrected chi connectivity index (χ3v) is 4.81. The van der Waals surface area contributed by atoms with Gasteiger partial charge in [-0.25, -0.2) is 4.98 Å². The molecule has 25 heavy (non-hydrogen) atoms. The normalized spacial score (nSPS) is 21.8. The van der Waals surface area contributed by atoms with Crippen molar-refractivity contribution in [2.45, 2.75) is 31.3 Å². The SMILES string of the molecule is CN1C(=O)C(N)(c2ccc(C#Cc3ccnc(Cl)c3)cn2)CC1(C)C. The highest BCUT2D eigenvalue weighted by Crippen LogP contribution is 2.39. The summed E-state index contributed by atoms with van der Waals surface area (Å²) in [6.45, 7) is 4.00. The largest absolute Gasteiger partial charge is 0.339 e. The number of nitrogens with two attached hydrogens (primary N) is 1. The van der Waals surface area contributed by atoms with E-state index in [-0.39, 0.29) is 11.4 Å². The first-order valence-electron chi connectivity index (χ1n) is 7.90. The maximum atomic E-state index is 12.6. The molecule has 1 atom stereocenters. The maximum absolute atomic E-state index is 12.6. The molecular formula is C19H19ClN4O. The van der Waals surface area contributed by atoms with Crippen molar-refractivity contribution in [2.24, 2.45) is 5.73 Å². The van der Waals surface area contributed by atoms with E-state index >= 15 is 0 Å². The number of carbonyl (C=O) groups is 1.